The third-order valence-corrected chi connectivity index (χ3v) is 4.58. The first-order valence-corrected chi connectivity index (χ1v) is 7.74. The molecule has 3 heterocycles. The molecule has 1 saturated heterocycles. The molecule has 2 atom stereocenters. The molecule has 0 aliphatic carbocycles. The van der Waals surface area contributed by atoms with Gasteiger partial charge in [0.25, 0.3) is 0 Å². The fourth-order valence-corrected chi connectivity index (χ4v) is 3.34. The van der Waals surface area contributed by atoms with Gasteiger partial charge in [-0.25, -0.2) is 0 Å². The molecule has 0 saturated carbocycles. The smallest absolute Gasteiger partial charge is 0.128 e. The van der Waals surface area contributed by atoms with Crippen molar-refractivity contribution in [2.45, 2.75) is 32.4 Å². The third kappa shape index (κ3) is 3.07. The van der Waals surface area contributed by atoms with Crippen LogP contribution in [0, 0.1) is 13.8 Å². The number of H-pyrrole nitrogens is 1. The zero-order chi connectivity index (χ0) is 16.4. The molecule has 0 bridgehead atoms. The standard InChI is InChI=1S/C16H23N5O2/c1-10-5-17-14(11(2)16(10)23-4)8-21-7-12(15(9-21)22-3)13-6-18-20-19-13/h5-6,12,15H,7-9H2,1-4H3,(H,18,19,20)/t12-,15+/m0/s1. The monoisotopic (exact) mass is 317 g/mol. The van der Waals surface area contributed by atoms with Crippen LogP contribution >= 0.6 is 0 Å². The first-order chi connectivity index (χ1) is 11.1. The molecule has 7 nitrogen and oxygen atoms in total. The Labute approximate surface area is 136 Å². The van der Waals surface area contributed by atoms with E-state index < -0.39 is 0 Å². The minimum absolute atomic E-state index is 0.118. The van der Waals surface area contributed by atoms with E-state index in [-0.39, 0.29) is 12.0 Å². The highest BCUT2D eigenvalue weighted by molar-refractivity contribution is 5.41. The number of nitrogens with one attached hydrogen (secondary N) is 1. The average molecular weight is 317 g/mol. The van der Waals surface area contributed by atoms with Crippen molar-refractivity contribution >= 4 is 0 Å². The van der Waals surface area contributed by atoms with Crippen LogP contribution in [0.1, 0.15) is 28.4 Å². The minimum Gasteiger partial charge on any atom is -0.496 e. The van der Waals surface area contributed by atoms with E-state index in [0.29, 0.717) is 0 Å². The SMILES string of the molecule is COc1c(C)cnc(CN2C[C@@H](OC)[C@H](c3cn[nH]n3)C2)c1C. The molecular formula is C16H23N5O2. The summed E-state index contributed by atoms with van der Waals surface area (Å²) in [6.07, 6.45) is 3.77. The van der Waals surface area contributed by atoms with Gasteiger partial charge in [-0.2, -0.15) is 15.4 Å². The topological polar surface area (TPSA) is 76.2 Å². The lowest BCUT2D eigenvalue weighted by Gasteiger charge is -2.18. The summed E-state index contributed by atoms with van der Waals surface area (Å²) in [7, 11) is 3.45. The Kier molecular flexibility index (Phi) is 4.58. The summed E-state index contributed by atoms with van der Waals surface area (Å²) < 4.78 is 11.1. The fourth-order valence-electron chi connectivity index (χ4n) is 3.34. The lowest BCUT2D eigenvalue weighted by molar-refractivity contribution is 0.0956. The van der Waals surface area contributed by atoms with Crippen LogP contribution < -0.4 is 4.74 Å². The van der Waals surface area contributed by atoms with Crippen LogP contribution in [-0.4, -0.2) is 58.7 Å². The lowest BCUT2D eigenvalue weighted by Crippen LogP contribution is -2.23. The Morgan fingerprint density at radius 3 is 2.74 bits per heavy atom. The Morgan fingerprint density at radius 1 is 1.26 bits per heavy atom. The highest BCUT2D eigenvalue weighted by Gasteiger charge is 2.35. The number of pyridine rings is 1. The van der Waals surface area contributed by atoms with Gasteiger partial charge in [-0.15, -0.1) is 0 Å². The summed E-state index contributed by atoms with van der Waals surface area (Å²) >= 11 is 0. The van der Waals surface area contributed by atoms with Crippen molar-refractivity contribution in [3.05, 3.63) is 34.9 Å². The van der Waals surface area contributed by atoms with Gasteiger partial charge in [-0.05, 0) is 13.8 Å². The largest absolute Gasteiger partial charge is 0.496 e. The van der Waals surface area contributed by atoms with E-state index in [2.05, 4.69) is 32.2 Å². The summed E-state index contributed by atoms with van der Waals surface area (Å²) in [5.74, 6) is 1.15. The summed E-state index contributed by atoms with van der Waals surface area (Å²) in [5, 5.41) is 10.8. The molecule has 2 aromatic heterocycles. The molecule has 1 aliphatic rings. The second kappa shape index (κ2) is 6.64. The summed E-state index contributed by atoms with van der Waals surface area (Å²) in [5.41, 5.74) is 4.16. The molecule has 124 valence electrons. The molecular weight excluding hydrogens is 294 g/mol. The van der Waals surface area contributed by atoms with E-state index in [4.69, 9.17) is 9.47 Å². The normalized spacial score (nSPS) is 21.7. The zero-order valence-electron chi connectivity index (χ0n) is 14.0. The number of rotatable bonds is 5. The summed E-state index contributed by atoms with van der Waals surface area (Å²) in [4.78, 5) is 6.94. The molecule has 0 radical (unpaired) electrons. The molecule has 1 aliphatic heterocycles. The number of aromatic amines is 1. The van der Waals surface area contributed by atoms with Crippen LogP contribution in [0.4, 0.5) is 0 Å². The maximum Gasteiger partial charge on any atom is 0.128 e. The number of hydrogen-bond donors (Lipinski definition) is 1. The average Bonchev–Trinajstić information content (AvgIpc) is 3.19. The van der Waals surface area contributed by atoms with Crippen LogP contribution in [0.2, 0.25) is 0 Å². The first kappa shape index (κ1) is 15.9. The van der Waals surface area contributed by atoms with Crippen LogP contribution in [0.15, 0.2) is 12.4 Å². The molecule has 0 amide bonds. The van der Waals surface area contributed by atoms with Crippen molar-refractivity contribution in [1.29, 1.82) is 0 Å². The van der Waals surface area contributed by atoms with Gasteiger partial charge in [0.2, 0.25) is 0 Å². The van der Waals surface area contributed by atoms with E-state index >= 15 is 0 Å². The molecule has 3 rings (SSSR count). The van der Waals surface area contributed by atoms with E-state index in [0.717, 1.165) is 47.9 Å². The molecule has 0 aromatic carbocycles. The van der Waals surface area contributed by atoms with Gasteiger partial charge in [-0.3, -0.25) is 9.88 Å². The number of hydrogen-bond acceptors (Lipinski definition) is 6. The Bertz CT molecular complexity index is 659. The van der Waals surface area contributed by atoms with Gasteiger partial charge in [0.1, 0.15) is 5.75 Å². The third-order valence-electron chi connectivity index (χ3n) is 4.58. The lowest BCUT2D eigenvalue weighted by atomic mass is 10.0. The van der Waals surface area contributed by atoms with E-state index in [1.165, 1.54) is 0 Å². The van der Waals surface area contributed by atoms with Crippen LogP contribution in [0.5, 0.6) is 5.75 Å². The zero-order valence-corrected chi connectivity index (χ0v) is 14.0. The Morgan fingerprint density at radius 2 is 2.09 bits per heavy atom. The number of ether oxygens (including phenoxy) is 2. The van der Waals surface area contributed by atoms with Gasteiger partial charge in [0, 0.05) is 50.0 Å². The number of methoxy groups -OCH3 is 2. The summed E-state index contributed by atoms with van der Waals surface area (Å²) in [6.45, 7) is 6.58. The molecule has 0 spiro atoms. The van der Waals surface area contributed by atoms with Gasteiger partial charge in [-0.1, -0.05) is 0 Å². The number of aryl methyl sites for hydroxylation is 1. The summed E-state index contributed by atoms with van der Waals surface area (Å²) in [6, 6.07) is 0. The van der Waals surface area contributed by atoms with Crippen molar-refractivity contribution in [1.82, 2.24) is 25.3 Å². The minimum atomic E-state index is 0.118. The van der Waals surface area contributed by atoms with Crippen molar-refractivity contribution in [3.63, 3.8) is 0 Å². The highest BCUT2D eigenvalue weighted by Crippen LogP contribution is 2.30. The second-order valence-corrected chi connectivity index (χ2v) is 6.02. The number of likely N-dealkylation sites (tertiary alicyclic amines) is 1. The van der Waals surface area contributed by atoms with E-state index in [9.17, 15) is 0 Å². The first-order valence-electron chi connectivity index (χ1n) is 7.74. The van der Waals surface area contributed by atoms with Crippen LogP contribution in [0.3, 0.4) is 0 Å². The maximum absolute atomic E-state index is 5.64. The number of aromatic nitrogens is 4. The van der Waals surface area contributed by atoms with E-state index in [1.807, 2.05) is 13.1 Å². The molecule has 1 N–H and O–H groups in total. The quantitative estimate of drug-likeness (QED) is 0.899. The molecule has 1 fully saturated rings. The van der Waals surface area contributed by atoms with Crippen molar-refractivity contribution in [3.8, 4) is 5.75 Å². The molecule has 0 unspecified atom stereocenters. The van der Waals surface area contributed by atoms with Gasteiger partial charge in [0.05, 0.1) is 30.8 Å². The van der Waals surface area contributed by atoms with Crippen molar-refractivity contribution in [2.75, 3.05) is 27.3 Å². The van der Waals surface area contributed by atoms with Gasteiger partial charge >= 0.3 is 0 Å². The van der Waals surface area contributed by atoms with Gasteiger partial charge < -0.3 is 9.47 Å². The van der Waals surface area contributed by atoms with Crippen LogP contribution in [0.25, 0.3) is 0 Å². The van der Waals surface area contributed by atoms with Gasteiger partial charge in [0.15, 0.2) is 0 Å². The van der Waals surface area contributed by atoms with Crippen LogP contribution in [-0.2, 0) is 11.3 Å². The fraction of sp³-hybridized carbons (Fsp3) is 0.562. The van der Waals surface area contributed by atoms with E-state index in [1.54, 1.807) is 20.4 Å². The predicted molar refractivity (Wildman–Crippen MR) is 85.5 cm³/mol. The molecule has 23 heavy (non-hydrogen) atoms. The predicted octanol–water partition coefficient (Wildman–Crippen LogP) is 1.44. The molecule has 2 aromatic rings. The Hall–Kier alpha value is -1.99. The highest BCUT2D eigenvalue weighted by atomic mass is 16.5. The second-order valence-electron chi connectivity index (χ2n) is 6.02. The van der Waals surface area contributed by atoms with Crippen molar-refractivity contribution < 1.29 is 9.47 Å². The molecule has 7 heteroatoms. The van der Waals surface area contributed by atoms with Crippen molar-refractivity contribution in [2.24, 2.45) is 0 Å². The maximum atomic E-state index is 5.64. The Balaban J connectivity index is 1.77. The number of nitrogens with zero attached hydrogens (tertiary/aromatic N) is 4.